The summed E-state index contributed by atoms with van der Waals surface area (Å²) in [4.78, 5) is 18.4. The molecule has 8 heteroatoms. The zero-order valence-electron chi connectivity index (χ0n) is 13.5. The lowest BCUT2D eigenvalue weighted by molar-refractivity contribution is 0.0115. The number of nitrogens with zero attached hydrogens (tertiary/aromatic N) is 4. The molecule has 0 saturated carbocycles. The summed E-state index contributed by atoms with van der Waals surface area (Å²) in [7, 11) is 0. The van der Waals surface area contributed by atoms with Crippen molar-refractivity contribution in [2.45, 2.75) is 26.1 Å². The fourth-order valence-corrected chi connectivity index (χ4v) is 2.75. The summed E-state index contributed by atoms with van der Waals surface area (Å²) in [6, 6.07) is 5.72. The molecule has 0 radical (unpaired) electrons. The number of halogens is 1. The van der Waals surface area contributed by atoms with Gasteiger partial charge in [0.05, 0.1) is 25.8 Å². The molecule has 0 bridgehead atoms. The van der Waals surface area contributed by atoms with Crippen molar-refractivity contribution in [3.63, 3.8) is 0 Å². The average molecular weight is 333 g/mol. The molecule has 128 valence electrons. The van der Waals surface area contributed by atoms with Gasteiger partial charge in [-0.25, -0.2) is 18.9 Å². The van der Waals surface area contributed by atoms with Crippen LogP contribution in [0.3, 0.4) is 0 Å². The molecule has 2 heterocycles. The highest BCUT2D eigenvalue weighted by Gasteiger charge is 2.28. The summed E-state index contributed by atoms with van der Waals surface area (Å²) >= 11 is 0. The van der Waals surface area contributed by atoms with Crippen LogP contribution in [-0.4, -0.2) is 45.5 Å². The van der Waals surface area contributed by atoms with E-state index in [1.54, 1.807) is 21.7 Å². The van der Waals surface area contributed by atoms with Crippen LogP contribution >= 0.6 is 0 Å². The smallest absolute Gasteiger partial charge is 0.318 e. The molecule has 1 aliphatic heterocycles. The minimum Gasteiger partial charge on any atom is -0.377 e. The van der Waals surface area contributed by atoms with Gasteiger partial charge in [-0.1, -0.05) is 12.1 Å². The van der Waals surface area contributed by atoms with Gasteiger partial charge in [-0.2, -0.15) is 5.10 Å². The van der Waals surface area contributed by atoms with E-state index in [1.165, 1.54) is 18.5 Å². The largest absolute Gasteiger partial charge is 0.377 e. The first-order chi connectivity index (χ1) is 11.7. The molecule has 1 unspecified atom stereocenters. The van der Waals surface area contributed by atoms with Crippen LogP contribution in [0, 0.1) is 5.82 Å². The molecular formula is C16H20FN5O2. The summed E-state index contributed by atoms with van der Waals surface area (Å²) in [6.07, 6.45) is 1.47. The number of benzene rings is 1. The minimum atomic E-state index is -0.301. The molecule has 0 spiro atoms. The van der Waals surface area contributed by atoms with Crippen LogP contribution in [0.4, 0.5) is 9.18 Å². The zero-order valence-corrected chi connectivity index (χ0v) is 13.5. The lowest BCUT2D eigenvalue weighted by Crippen LogP contribution is -2.48. The predicted molar refractivity (Wildman–Crippen MR) is 84.6 cm³/mol. The molecule has 3 rings (SSSR count). The van der Waals surface area contributed by atoms with Crippen LogP contribution in [0.15, 0.2) is 30.6 Å². The second-order valence-corrected chi connectivity index (χ2v) is 5.49. The van der Waals surface area contributed by atoms with E-state index in [0.717, 1.165) is 5.56 Å². The van der Waals surface area contributed by atoms with Crippen molar-refractivity contribution in [3.8, 4) is 0 Å². The van der Waals surface area contributed by atoms with Crippen molar-refractivity contribution in [3.05, 3.63) is 47.8 Å². The van der Waals surface area contributed by atoms with Gasteiger partial charge in [0, 0.05) is 13.1 Å². The summed E-state index contributed by atoms with van der Waals surface area (Å²) in [5, 5.41) is 6.96. The van der Waals surface area contributed by atoms with E-state index in [0.29, 0.717) is 38.7 Å². The number of carbonyl (C=O) groups excluding carboxylic acids is 1. The van der Waals surface area contributed by atoms with E-state index in [1.807, 2.05) is 6.92 Å². The molecule has 0 aliphatic carbocycles. The monoisotopic (exact) mass is 333 g/mol. The fourth-order valence-electron chi connectivity index (χ4n) is 2.75. The molecule has 1 aliphatic rings. The highest BCUT2D eigenvalue weighted by Crippen LogP contribution is 2.24. The number of urea groups is 1. The average Bonchev–Trinajstić information content (AvgIpc) is 3.08. The Balaban J connectivity index is 1.68. The van der Waals surface area contributed by atoms with Gasteiger partial charge in [-0.15, -0.1) is 0 Å². The molecule has 7 nitrogen and oxygen atoms in total. The van der Waals surface area contributed by atoms with Crippen molar-refractivity contribution in [1.29, 1.82) is 0 Å². The maximum Gasteiger partial charge on any atom is 0.318 e. The Morgan fingerprint density at radius 3 is 2.96 bits per heavy atom. The number of aromatic nitrogens is 3. The topological polar surface area (TPSA) is 72.3 Å². The van der Waals surface area contributed by atoms with Crippen molar-refractivity contribution in [2.75, 3.05) is 19.8 Å². The van der Waals surface area contributed by atoms with E-state index < -0.39 is 0 Å². The molecule has 1 N–H and O–H groups in total. The number of carbonyl (C=O) groups is 1. The third-order valence-corrected chi connectivity index (χ3v) is 4.04. The third-order valence-electron chi connectivity index (χ3n) is 4.04. The van der Waals surface area contributed by atoms with Gasteiger partial charge in [0.15, 0.2) is 0 Å². The van der Waals surface area contributed by atoms with E-state index >= 15 is 0 Å². The van der Waals surface area contributed by atoms with Gasteiger partial charge in [0.25, 0.3) is 0 Å². The van der Waals surface area contributed by atoms with Crippen LogP contribution < -0.4 is 5.32 Å². The first-order valence-corrected chi connectivity index (χ1v) is 7.93. The van der Waals surface area contributed by atoms with Crippen molar-refractivity contribution >= 4 is 6.03 Å². The van der Waals surface area contributed by atoms with E-state index in [2.05, 4.69) is 15.4 Å². The second kappa shape index (κ2) is 7.39. The van der Waals surface area contributed by atoms with E-state index in [-0.39, 0.29) is 17.9 Å². The summed E-state index contributed by atoms with van der Waals surface area (Å²) in [5.74, 6) is 0.405. The molecule has 2 amide bonds. The number of hydrogen-bond donors (Lipinski definition) is 1. The first kappa shape index (κ1) is 16.4. The van der Waals surface area contributed by atoms with Crippen LogP contribution in [-0.2, 0) is 17.8 Å². The number of morpholine rings is 1. The number of ether oxygens (including phenoxy) is 1. The van der Waals surface area contributed by atoms with Crippen LogP contribution in [0.25, 0.3) is 0 Å². The Labute approximate surface area is 139 Å². The lowest BCUT2D eigenvalue weighted by atomic mass is 10.1. The quantitative estimate of drug-likeness (QED) is 0.925. The molecule has 1 fully saturated rings. The van der Waals surface area contributed by atoms with E-state index in [4.69, 9.17) is 4.74 Å². The van der Waals surface area contributed by atoms with Crippen molar-refractivity contribution in [2.24, 2.45) is 0 Å². The Bertz CT molecular complexity index is 688. The Hall–Kier alpha value is -2.48. The molecule has 1 aromatic carbocycles. The molecule has 1 saturated heterocycles. The Morgan fingerprint density at radius 1 is 1.42 bits per heavy atom. The van der Waals surface area contributed by atoms with Gasteiger partial charge in [-0.3, -0.25) is 0 Å². The number of nitrogens with one attached hydrogen (secondary N) is 1. The minimum absolute atomic E-state index is 0.196. The molecule has 24 heavy (non-hydrogen) atoms. The maximum atomic E-state index is 13.1. The SMILES string of the molecule is CCn1ncnc1CNC(=O)N1CCOCC1c1ccc(F)cc1. The number of hydrogen-bond acceptors (Lipinski definition) is 4. The first-order valence-electron chi connectivity index (χ1n) is 7.93. The molecular weight excluding hydrogens is 313 g/mol. The maximum absolute atomic E-state index is 13.1. The zero-order chi connectivity index (χ0) is 16.9. The van der Waals surface area contributed by atoms with Gasteiger partial charge < -0.3 is 15.0 Å². The van der Waals surface area contributed by atoms with Gasteiger partial charge in [-0.05, 0) is 24.6 Å². The normalized spacial score (nSPS) is 17.8. The summed E-state index contributed by atoms with van der Waals surface area (Å²) < 4.78 is 20.3. The van der Waals surface area contributed by atoms with Crippen LogP contribution in [0.1, 0.15) is 24.4 Å². The second-order valence-electron chi connectivity index (χ2n) is 5.49. The van der Waals surface area contributed by atoms with Crippen molar-refractivity contribution < 1.29 is 13.9 Å². The van der Waals surface area contributed by atoms with Gasteiger partial charge in [0.2, 0.25) is 0 Å². The number of rotatable bonds is 4. The standard InChI is InChI=1S/C16H20FN5O2/c1-2-22-15(19-11-20-22)9-18-16(23)21-7-8-24-10-14(21)12-3-5-13(17)6-4-12/h3-6,11,14H,2,7-10H2,1H3,(H,18,23). The number of amides is 2. The highest BCUT2D eigenvalue weighted by atomic mass is 19.1. The van der Waals surface area contributed by atoms with Gasteiger partial charge >= 0.3 is 6.03 Å². The van der Waals surface area contributed by atoms with Crippen LogP contribution in [0.2, 0.25) is 0 Å². The highest BCUT2D eigenvalue weighted by molar-refractivity contribution is 5.74. The third kappa shape index (κ3) is 3.53. The molecule has 1 aromatic heterocycles. The Kier molecular flexibility index (Phi) is 5.05. The fraction of sp³-hybridized carbons (Fsp3) is 0.438. The lowest BCUT2D eigenvalue weighted by Gasteiger charge is -2.35. The summed E-state index contributed by atoms with van der Waals surface area (Å²) in [5.41, 5.74) is 0.850. The van der Waals surface area contributed by atoms with E-state index in [9.17, 15) is 9.18 Å². The molecule has 2 aromatic rings. The van der Waals surface area contributed by atoms with Crippen molar-refractivity contribution in [1.82, 2.24) is 25.0 Å². The van der Waals surface area contributed by atoms with Crippen LogP contribution in [0.5, 0.6) is 0 Å². The summed E-state index contributed by atoms with van der Waals surface area (Å²) in [6.45, 7) is 4.32. The number of aryl methyl sites for hydroxylation is 1. The van der Waals surface area contributed by atoms with Gasteiger partial charge in [0.1, 0.15) is 18.0 Å². The predicted octanol–water partition coefficient (Wildman–Crippen LogP) is 1.72. The molecule has 1 atom stereocenters. The Morgan fingerprint density at radius 2 is 2.21 bits per heavy atom.